The van der Waals surface area contributed by atoms with Gasteiger partial charge >= 0.3 is 0 Å². The molecule has 0 aliphatic rings. The molecule has 0 amide bonds. The number of benzene rings is 2. The summed E-state index contributed by atoms with van der Waals surface area (Å²) in [6.45, 7) is 1.96. The van der Waals surface area contributed by atoms with Gasteiger partial charge in [-0.05, 0) is 36.8 Å². The average molecular weight is 362 g/mol. The second-order valence-electron chi connectivity index (χ2n) is 5.57. The van der Waals surface area contributed by atoms with Crippen LogP contribution in [0.3, 0.4) is 0 Å². The van der Waals surface area contributed by atoms with Gasteiger partial charge in [0.1, 0.15) is 5.01 Å². The Kier molecular flexibility index (Phi) is 5.35. The first-order chi connectivity index (χ1) is 12.7. The summed E-state index contributed by atoms with van der Waals surface area (Å²) in [5.41, 5.74) is 3.31. The molecule has 2 aromatic carbocycles. The Balaban J connectivity index is 2.00. The van der Waals surface area contributed by atoms with E-state index in [2.05, 4.69) is 11.1 Å². The van der Waals surface area contributed by atoms with Gasteiger partial charge in [0, 0.05) is 5.56 Å². The molecule has 1 aromatic heterocycles. The number of thiazole rings is 1. The quantitative estimate of drug-likeness (QED) is 0.585. The molecule has 0 radical (unpaired) electrons. The van der Waals surface area contributed by atoms with Crippen LogP contribution in [-0.2, 0) is 0 Å². The Labute approximate surface area is 157 Å². The van der Waals surface area contributed by atoms with Crippen molar-refractivity contribution >= 4 is 23.0 Å². The Bertz CT molecular complexity index is 985. The Hall–Kier alpha value is -3.10. The third-order valence-corrected chi connectivity index (χ3v) is 5.10. The fraction of sp³-hybridized carbons (Fsp3) is 0.143. The van der Waals surface area contributed by atoms with Gasteiger partial charge in [0.05, 0.1) is 36.4 Å². The highest BCUT2D eigenvalue weighted by Crippen LogP contribution is 2.33. The van der Waals surface area contributed by atoms with Crippen molar-refractivity contribution in [2.24, 2.45) is 0 Å². The van der Waals surface area contributed by atoms with Gasteiger partial charge in [-0.15, -0.1) is 11.3 Å². The molecule has 0 fully saturated rings. The normalized spacial score (nSPS) is 11.1. The lowest BCUT2D eigenvalue weighted by Crippen LogP contribution is -1.92. The molecule has 0 N–H and O–H groups in total. The number of aryl methyl sites for hydroxylation is 1. The molecule has 0 unspecified atom stereocenters. The molecule has 0 aliphatic heterocycles. The maximum Gasteiger partial charge on any atom is 0.161 e. The smallest absolute Gasteiger partial charge is 0.161 e. The van der Waals surface area contributed by atoms with E-state index in [4.69, 9.17) is 9.47 Å². The monoisotopic (exact) mass is 362 g/mol. The molecule has 0 saturated carbocycles. The molecule has 130 valence electrons. The fourth-order valence-corrected chi connectivity index (χ4v) is 3.58. The molecule has 3 rings (SSSR count). The maximum atomic E-state index is 9.64. The largest absolute Gasteiger partial charge is 0.493 e. The number of nitrogens with zero attached hydrogens (tertiary/aromatic N) is 2. The highest BCUT2D eigenvalue weighted by atomic mass is 32.1. The van der Waals surface area contributed by atoms with E-state index in [1.54, 1.807) is 31.6 Å². The van der Waals surface area contributed by atoms with Gasteiger partial charge in [0.15, 0.2) is 11.5 Å². The van der Waals surface area contributed by atoms with Crippen LogP contribution in [0.4, 0.5) is 0 Å². The van der Waals surface area contributed by atoms with Crippen molar-refractivity contribution in [1.82, 2.24) is 4.98 Å². The van der Waals surface area contributed by atoms with Crippen LogP contribution >= 0.6 is 11.3 Å². The van der Waals surface area contributed by atoms with Gasteiger partial charge in [0.25, 0.3) is 0 Å². The molecule has 0 aliphatic carbocycles. The number of hydrogen-bond donors (Lipinski definition) is 0. The van der Waals surface area contributed by atoms with Crippen LogP contribution in [0.25, 0.3) is 22.2 Å². The minimum Gasteiger partial charge on any atom is -0.493 e. The summed E-state index contributed by atoms with van der Waals surface area (Å²) >= 11 is 1.57. The van der Waals surface area contributed by atoms with Crippen LogP contribution in [0.5, 0.6) is 11.5 Å². The lowest BCUT2D eigenvalue weighted by molar-refractivity contribution is 0.355. The van der Waals surface area contributed by atoms with Crippen molar-refractivity contribution in [2.75, 3.05) is 14.2 Å². The van der Waals surface area contributed by atoms with Crippen molar-refractivity contribution in [3.63, 3.8) is 0 Å². The van der Waals surface area contributed by atoms with Crippen LogP contribution in [0, 0.1) is 18.3 Å². The fourth-order valence-electron chi connectivity index (χ4n) is 2.56. The molecule has 1 heterocycles. The first-order valence-corrected chi connectivity index (χ1v) is 8.85. The van der Waals surface area contributed by atoms with Gasteiger partial charge in [-0.2, -0.15) is 5.26 Å². The molecule has 5 heteroatoms. The minimum atomic E-state index is 0.553. The third kappa shape index (κ3) is 3.61. The summed E-state index contributed by atoms with van der Waals surface area (Å²) in [5, 5.41) is 10.6. The molecule has 0 bridgehead atoms. The first-order valence-electron chi connectivity index (χ1n) is 8.03. The minimum absolute atomic E-state index is 0.553. The van der Waals surface area contributed by atoms with E-state index < -0.39 is 0 Å². The second kappa shape index (κ2) is 7.85. The molecule has 0 spiro atoms. The van der Waals surface area contributed by atoms with Crippen molar-refractivity contribution in [1.29, 1.82) is 5.26 Å². The highest BCUT2D eigenvalue weighted by Gasteiger charge is 2.11. The third-order valence-electron chi connectivity index (χ3n) is 3.94. The van der Waals surface area contributed by atoms with E-state index in [1.807, 2.05) is 55.5 Å². The molecule has 26 heavy (non-hydrogen) atoms. The van der Waals surface area contributed by atoms with Crippen LogP contribution in [0.2, 0.25) is 0 Å². The lowest BCUT2D eigenvalue weighted by Gasteiger charge is -2.09. The van der Waals surface area contributed by atoms with Crippen molar-refractivity contribution in [2.45, 2.75) is 6.92 Å². The standard InChI is InChI=1S/C21H18N2O2S/c1-14-20(26-21(23-14)15-7-5-4-6-8-15)12-17(13-22)16-9-10-18(24-2)19(11-16)25-3/h4-12H,1-3H3. The molecule has 0 saturated heterocycles. The zero-order valence-electron chi connectivity index (χ0n) is 14.8. The number of nitriles is 1. The topological polar surface area (TPSA) is 55.1 Å². The number of hydrogen-bond acceptors (Lipinski definition) is 5. The van der Waals surface area contributed by atoms with E-state index in [9.17, 15) is 5.26 Å². The van der Waals surface area contributed by atoms with Gasteiger partial charge in [-0.25, -0.2) is 4.98 Å². The summed E-state index contributed by atoms with van der Waals surface area (Å²) in [6, 6.07) is 17.8. The molecular formula is C21H18N2O2S. The predicted octanol–water partition coefficient (Wildman–Crippen LogP) is 5.20. The Morgan fingerprint density at radius 1 is 1.08 bits per heavy atom. The maximum absolute atomic E-state index is 9.64. The summed E-state index contributed by atoms with van der Waals surface area (Å²) in [4.78, 5) is 5.61. The number of methoxy groups -OCH3 is 2. The second-order valence-corrected chi connectivity index (χ2v) is 6.60. The number of rotatable bonds is 5. The SMILES string of the molecule is COc1ccc(C(C#N)=Cc2sc(-c3ccccc3)nc2C)cc1OC. The molecule has 4 nitrogen and oxygen atoms in total. The van der Waals surface area contributed by atoms with E-state index in [0.29, 0.717) is 17.1 Å². The van der Waals surface area contributed by atoms with E-state index in [-0.39, 0.29) is 0 Å². The van der Waals surface area contributed by atoms with Crippen LogP contribution in [0.15, 0.2) is 48.5 Å². The van der Waals surface area contributed by atoms with Gasteiger partial charge in [-0.3, -0.25) is 0 Å². The van der Waals surface area contributed by atoms with Gasteiger partial charge in [0.2, 0.25) is 0 Å². The first kappa shape index (κ1) is 17.7. The molecule has 0 atom stereocenters. The zero-order chi connectivity index (χ0) is 18.5. The van der Waals surface area contributed by atoms with Crippen LogP contribution in [0.1, 0.15) is 16.1 Å². The van der Waals surface area contributed by atoms with E-state index in [0.717, 1.165) is 26.7 Å². The van der Waals surface area contributed by atoms with Gasteiger partial charge in [-0.1, -0.05) is 30.3 Å². The zero-order valence-corrected chi connectivity index (χ0v) is 15.6. The number of allylic oxidation sites excluding steroid dienone is 1. The van der Waals surface area contributed by atoms with E-state index >= 15 is 0 Å². The van der Waals surface area contributed by atoms with Crippen molar-refractivity contribution in [3.8, 4) is 28.1 Å². The molecule has 3 aromatic rings. The van der Waals surface area contributed by atoms with E-state index in [1.165, 1.54) is 0 Å². The summed E-state index contributed by atoms with van der Waals surface area (Å²) in [6.07, 6.45) is 1.88. The Morgan fingerprint density at radius 2 is 1.81 bits per heavy atom. The molecular weight excluding hydrogens is 344 g/mol. The van der Waals surface area contributed by atoms with Crippen LogP contribution < -0.4 is 9.47 Å². The number of aromatic nitrogens is 1. The summed E-state index contributed by atoms with van der Waals surface area (Å²) in [5.74, 6) is 1.23. The van der Waals surface area contributed by atoms with Crippen molar-refractivity contribution < 1.29 is 9.47 Å². The average Bonchev–Trinajstić information content (AvgIpc) is 3.06. The summed E-state index contributed by atoms with van der Waals surface area (Å²) in [7, 11) is 3.17. The Morgan fingerprint density at radius 3 is 2.46 bits per heavy atom. The lowest BCUT2D eigenvalue weighted by atomic mass is 10.1. The van der Waals surface area contributed by atoms with Gasteiger partial charge < -0.3 is 9.47 Å². The summed E-state index contributed by atoms with van der Waals surface area (Å²) < 4.78 is 10.6. The number of ether oxygens (including phenoxy) is 2. The van der Waals surface area contributed by atoms with Crippen molar-refractivity contribution in [3.05, 3.63) is 64.7 Å². The predicted molar refractivity (Wildman–Crippen MR) is 105 cm³/mol. The highest BCUT2D eigenvalue weighted by molar-refractivity contribution is 7.16. The van der Waals surface area contributed by atoms with Crippen LogP contribution in [-0.4, -0.2) is 19.2 Å².